The number of nitrogens with one attached hydrogen (secondary N) is 1. The van der Waals surface area contributed by atoms with E-state index >= 15 is 0 Å². The number of rotatable bonds is 9. The molecule has 10 heteroatoms. The Kier molecular flexibility index (Phi) is 7.17. The van der Waals surface area contributed by atoms with E-state index in [1.54, 1.807) is 0 Å². The fraction of sp³-hybridized carbons (Fsp3) is 0.471. The third kappa shape index (κ3) is 7.26. The molecule has 27 heavy (non-hydrogen) atoms. The van der Waals surface area contributed by atoms with E-state index in [9.17, 15) is 23.1 Å². The van der Waals surface area contributed by atoms with Crippen molar-refractivity contribution >= 4 is 5.91 Å². The van der Waals surface area contributed by atoms with Gasteiger partial charge in [-0.25, -0.2) is 0 Å². The van der Waals surface area contributed by atoms with Gasteiger partial charge in [0.25, 0.3) is 0 Å². The number of aromatic nitrogens is 2. The predicted octanol–water partition coefficient (Wildman–Crippen LogP) is 2.70. The predicted molar refractivity (Wildman–Crippen MR) is 87.7 cm³/mol. The van der Waals surface area contributed by atoms with Gasteiger partial charge in [0, 0.05) is 25.8 Å². The fourth-order valence-corrected chi connectivity index (χ4v) is 2.24. The number of halogens is 3. The first kappa shape index (κ1) is 20.7. The smallest absolute Gasteiger partial charge is 0.406 e. The molecule has 1 heterocycles. The number of nitrogens with zero attached hydrogens (tertiary/aromatic N) is 2. The summed E-state index contributed by atoms with van der Waals surface area (Å²) in [6.45, 7) is 1.85. The quantitative estimate of drug-likeness (QED) is 0.687. The molecule has 0 aliphatic rings. The molecule has 7 nitrogen and oxygen atoms in total. The maximum Gasteiger partial charge on any atom is 0.573 e. The normalized spacial score (nSPS) is 12.6. The summed E-state index contributed by atoms with van der Waals surface area (Å²) in [4.78, 5) is 15.9. The van der Waals surface area contributed by atoms with Crippen LogP contribution in [0, 0.1) is 0 Å². The van der Waals surface area contributed by atoms with Crippen LogP contribution in [0.15, 0.2) is 28.8 Å². The molecule has 0 aliphatic carbocycles. The first-order valence-electron chi connectivity index (χ1n) is 8.38. The van der Waals surface area contributed by atoms with Crippen molar-refractivity contribution in [2.45, 2.75) is 45.1 Å². The Morgan fingerprint density at radius 3 is 2.63 bits per heavy atom. The van der Waals surface area contributed by atoms with Crippen LogP contribution in [0.5, 0.6) is 5.75 Å². The van der Waals surface area contributed by atoms with Crippen LogP contribution in [-0.2, 0) is 17.6 Å². The average Bonchev–Trinajstić information content (AvgIpc) is 3.07. The lowest BCUT2D eigenvalue weighted by atomic mass is 10.1. The summed E-state index contributed by atoms with van der Waals surface area (Å²) in [5, 5.41) is 16.3. The number of carbonyl (C=O) groups excluding carboxylic acids is 1. The van der Waals surface area contributed by atoms with Crippen molar-refractivity contribution in [2.24, 2.45) is 0 Å². The van der Waals surface area contributed by atoms with Crippen molar-refractivity contribution in [3.05, 3.63) is 41.5 Å². The topological polar surface area (TPSA) is 97.5 Å². The standard InChI is InChI=1S/C17H20F3N3O4/c1-2-14-22-16(27-23-14)5-3-4-15(25)21-10-13(24)11-6-8-12(9-7-11)26-17(18,19)20/h6-9,13,24H,2-5,10H2,1H3,(H,21,25). The van der Waals surface area contributed by atoms with E-state index in [-0.39, 0.29) is 24.6 Å². The minimum atomic E-state index is -4.77. The monoisotopic (exact) mass is 387 g/mol. The van der Waals surface area contributed by atoms with Gasteiger partial charge < -0.3 is 19.7 Å². The Labute approximate surface area is 153 Å². The van der Waals surface area contributed by atoms with E-state index < -0.39 is 12.5 Å². The van der Waals surface area contributed by atoms with Gasteiger partial charge in [-0.05, 0) is 24.1 Å². The lowest BCUT2D eigenvalue weighted by Crippen LogP contribution is -2.28. The summed E-state index contributed by atoms with van der Waals surface area (Å²) in [5.74, 6) is 0.445. The summed E-state index contributed by atoms with van der Waals surface area (Å²) in [6.07, 6.45) is -3.94. The molecule has 1 amide bonds. The van der Waals surface area contributed by atoms with Gasteiger partial charge in [0.05, 0.1) is 6.10 Å². The molecule has 1 unspecified atom stereocenters. The van der Waals surface area contributed by atoms with Crippen LogP contribution < -0.4 is 10.1 Å². The Morgan fingerprint density at radius 1 is 1.33 bits per heavy atom. The maximum atomic E-state index is 12.1. The second-order valence-electron chi connectivity index (χ2n) is 5.75. The molecule has 0 saturated carbocycles. The van der Waals surface area contributed by atoms with Crippen LogP contribution >= 0.6 is 0 Å². The number of amides is 1. The molecular formula is C17H20F3N3O4. The SMILES string of the molecule is CCc1noc(CCCC(=O)NCC(O)c2ccc(OC(F)(F)F)cc2)n1. The van der Waals surface area contributed by atoms with Crippen molar-refractivity contribution in [1.82, 2.24) is 15.5 Å². The first-order valence-corrected chi connectivity index (χ1v) is 8.38. The van der Waals surface area contributed by atoms with E-state index in [0.29, 0.717) is 36.5 Å². The molecule has 148 valence electrons. The molecule has 1 atom stereocenters. The molecule has 0 radical (unpaired) electrons. The molecule has 2 N–H and O–H groups in total. The van der Waals surface area contributed by atoms with Gasteiger partial charge in [-0.1, -0.05) is 24.2 Å². The number of benzene rings is 1. The first-order chi connectivity index (χ1) is 12.8. The number of hydrogen-bond acceptors (Lipinski definition) is 6. The largest absolute Gasteiger partial charge is 0.573 e. The summed E-state index contributed by atoms with van der Waals surface area (Å²) in [5.41, 5.74) is 0.364. The number of carbonyl (C=O) groups is 1. The zero-order valence-corrected chi connectivity index (χ0v) is 14.6. The summed E-state index contributed by atoms with van der Waals surface area (Å²) >= 11 is 0. The van der Waals surface area contributed by atoms with Crippen molar-refractivity contribution in [3.63, 3.8) is 0 Å². The van der Waals surface area contributed by atoms with Crippen LogP contribution in [0.1, 0.15) is 43.1 Å². The van der Waals surface area contributed by atoms with Crippen LogP contribution in [0.4, 0.5) is 13.2 Å². The molecule has 0 aliphatic heterocycles. The summed E-state index contributed by atoms with van der Waals surface area (Å²) in [6, 6.07) is 4.81. The highest BCUT2D eigenvalue weighted by Crippen LogP contribution is 2.24. The van der Waals surface area contributed by atoms with Gasteiger partial charge in [0.2, 0.25) is 11.8 Å². The number of aliphatic hydroxyl groups excluding tert-OH is 1. The number of aliphatic hydroxyl groups is 1. The van der Waals surface area contributed by atoms with E-state index in [1.807, 2.05) is 6.92 Å². The molecule has 2 aromatic rings. The second kappa shape index (κ2) is 9.36. The zero-order valence-electron chi connectivity index (χ0n) is 14.6. The van der Waals surface area contributed by atoms with E-state index in [0.717, 1.165) is 12.1 Å². The third-order valence-electron chi connectivity index (χ3n) is 3.61. The molecule has 0 spiro atoms. The van der Waals surface area contributed by atoms with Gasteiger partial charge in [-0.2, -0.15) is 4.98 Å². The van der Waals surface area contributed by atoms with E-state index in [2.05, 4.69) is 20.2 Å². The van der Waals surface area contributed by atoms with E-state index in [4.69, 9.17) is 4.52 Å². The van der Waals surface area contributed by atoms with Crippen LogP contribution in [0.25, 0.3) is 0 Å². The van der Waals surface area contributed by atoms with Crippen molar-refractivity contribution < 1.29 is 32.3 Å². The molecule has 1 aromatic heterocycles. The summed E-state index contributed by atoms with van der Waals surface area (Å²) < 4.78 is 45.1. The molecule has 0 saturated heterocycles. The minimum Gasteiger partial charge on any atom is -0.406 e. The van der Waals surface area contributed by atoms with Gasteiger partial charge >= 0.3 is 6.36 Å². The highest BCUT2D eigenvalue weighted by molar-refractivity contribution is 5.75. The van der Waals surface area contributed by atoms with E-state index in [1.165, 1.54) is 12.1 Å². The molecule has 1 aromatic carbocycles. The molecule has 2 rings (SSSR count). The van der Waals surface area contributed by atoms with Crippen molar-refractivity contribution in [2.75, 3.05) is 6.54 Å². The number of aryl methyl sites for hydroxylation is 2. The third-order valence-corrected chi connectivity index (χ3v) is 3.61. The summed E-state index contributed by atoms with van der Waals surface area (Å²) in [7, 11) is 0. The molecule has 0 fully saturated rings. The number of ether oxygens (including phenoxy) is 1. The maximum absolute atomic E-state index is 12.1. The fourth-order valence-electron chi connectivity index (χ4n) is 2.24. The number of hydrogen-bond donors (Lipinski definition) is 2. The van der Waals surface area contributed by atoms with Gasteiger partial charge in [0.15, 0.2) is 5.82 Å². The van der Waals surface area contributed by atoms with Crippen LogP contribution in [-0.4, -0.2) is 34.1 Å². The van der Waals surface area contributed by atoms with Crippen molar-refractivity contribution in [1.29, 1.82) is 0 Å². The highest BCUT2D eigenvalue weighted by Gasteiger charge is 2.31. The molecular weight excluding hydrogens is 367 g/mol. The lowest BCUT2D eigenvalue weighted by Gasteiger charge is -2.13. The van der Waals surface area contributed by atoms with Gasteiger partial charge in [0.1, 0.15) is 5.75 Å². The minimum absolute atomic E-state index is 0.0567. The van der Waals surface area contributed by atoms with Gasteiger partial charge in [-0.15, -0.1) is 13.2 Å². The van der Waals surface area contributed by atoms with Gasteiger partial charge in [-0.3, -0.25) is 4.79 Å². The average molecular weight is 387 g/mol. The van der Waals surface area contributed by atoms with Crippen LogP contribution in [0.3, 0.4) is 0 Å². The highest BCUT2D eigenvalue weighted by atomic mass is 19.4. The second-order valence-corrected chi connectivity index (χ2v) is 5.75. The van der Waals surface area contributed by atoms with Crippen molar-refractivity contribution in [3.8, 4) is 5.75 Å². The lowest BCUT2D eigenvalue weighted by molar-refractivity contribution is -0.274. The zero-order chi connectivity index (χ0) is 19.9. The Hall–Kier alpha value is -2.62. The number of alkyl halides is 3. The molecule has 0 bridgehead atoms. The van der Waals surface area contributed by atoms with Crippen LogP contribution in [0.2, 0.25) is 0 Å². The Balaban J connectivity index is 1.70. The Morgan fingerprint density at radius 2 is 2.04 bits per heavy atom. The Bertz CT molecular complexity index is 732.